The third-order valence-corrected chi connectivity index (χ3v) is 4.25. The minimum atomic E-state index is 0.507. The van der Waals surface area contributed by atoms with E-state index in [2.05, 4.69) is 64.2 Å². The molecule has 19 heavy (non-hydrogen) atoms. The Hall–Kier alpha value is -1.37. The van der Waals surface area contributed by atoms with Crippen LogP contribution in [-0.4, -0.2) is 5.71 Å². The Morgan fingerprint density at radius 1 is 1.32 bits per heavy atom. The zero-order chi connectivity index (χ0) is 13.8. The van der Waals surface area contributed by atoms with Crippen molar-refractivity contribution in [2.24, 2.45) is 22.7 Å². The second-order valence-corrected chi connectivity index (χ2v) is 5.91. The summed E-state index contributed by atoms with van der Waals surface area (Å²) >= 11 is 0. The minimum absolute atomic E-state index is 0.507. The molecule has 2 unspecified atom stereocenters. The van der Waals surface area contributed by atoms with Crippen molar-refractivity contribution in [3.8, 4) is 0 Å². The summed E-state index contributed by atoms with van der Waals surface area (Å²) < 4.78 is 0. The molecule has 0 heterocycles. The van der Waals surface area contributed by atoms with Crippen LogP contribution >= 0.6 is 0 Å². The highest BCUT2D eigenvalue weighted by atomic mass is 14.8. The molecule has 1 heteroatoms. The number of rotatable bonds is 3. The van der Waals surface area contributed by atoms with Crippen molar-refractivity contribution in [3.63, 3.8) is 0 Å². The van der Waals surface area contributed by atoms with E-state index in [-0.39, 0.29) is 0 Å². The van der Waals surface area contributed by atoms with Crippen LogP contribution in [0, 0.1) is 17.8 Å². The van der Waals surface area contributed by atoms with Gasteiger partial charge in [-0.25, -0.2) is 0 Å². The minimum Gasteiger partial charge on any atom is -0.258 e. The zero-order valence-electron chi connectivity index (χ0n) is 12.6. The SMILES string of the molecule is CC1=CCC(C)C=C1N=C(C)[C@@H](C)C1C=CC=CC1. The molecule has 0 saturated heterocycles. The Morgan fingerprint density at radius 3 is 2.79 bits per heavy atom. The number of aliphatic imine (C=N–C) groups is 1. The van der Waals surface area contributed by atoms with Gasteiger partial charge in [-0.3, -0.25) is 4.99 Å². The predicted octanol–water partition coefficient (Wildman–Crippen LogP) is 5.09. The van der Waals surface area contributed by atoms with Crippen molar-refractivity contribution < 1.29 is 0 Å². The number of hydrogen-bond acceptors (Lipinski definition) is 1. The Kier molecular flexibility index (Phi) is 4.57. The lowest BCUT2D eigenvalue weighted by Crippen LogP contribution is -2.18. The molecular weight excluding hydrogens is 230 g/mol. The Bertz CT molecular complexity index is 474. The molecule has 0 aromatic heterocycles. The standard InChI is InChI=1S/C18H25N/c1-13-10-11-14(2)18(12-13)19-16(4)15(3)17-8-6-5-7-9-17/h5-8,11-13,15,17H,9-10H2,1-4H3/t13?,15-,17?/m1/s1. The lowest BCUT2D eigenvalue weighted by atomic mass is 9.85. The zero-order valence-corrected chi connectivity index (χ0v) is 12.6. The van der Waals surface area contributed by atoms with Crippen LogP contribution in [0.15, 0.2) is 52.7 Å². The van der Waals surface area contributed by atoms with E-state index in [9.17, 15) is 0 Å². The van der Waals surface area contributed by atoms with Crippen molar-refractivity contribution in [2.75, 3.05) is 0 Å². The van der Waals surface area contributed by atoms with Gasteiger partial charge in [-0.2, -0.15) is 0 Å². The van der Waals surface area contributed by atoms with Crippen molar-refractivity contribution in [2.45, 2.75) is 40.5 Å². The lowest BCUT2D eigenvalue weighted by Gasteiger charge is -2.22. The van der Waals surface area contributed by atoms with E-state index in [1.54, 1.807) is 0 Å². The van der Waals surface area contributed by atoms with Gasteiger partial charge in [0.15, 0.2) is 0 Å². The van der Waals surface area contributed by atoms with Crippen LogP contribution in [0.2, 0.25) is 0 Å². The molecule has 0 amide bonds. The lowest BCUT2D eigenvalue weighted by molar-refractivity contribution is 0.539. The van der Waals surface area contributed by atoms with Gasteiger partial charge < -0.3 is 0 Å². The first kappa shape index (κ1) is 14.0. The summed E-state index contributed by atoms with van der Waals surface area (Å²) in [5.41, 5.74) is 3.75. The normalized spacial score (nSPS) is 28.9. The third-order valence-electron chi connectivity index (χ3n) is 4.25. The summed E-state index contributed by atoms with van der Waals surface area (Å²) in [4.78, 5) is 4.89. The molecule has 2 aliphatic rings. The maximum Gasteiger partial charge on any atom is 0.0617 e. The summed E-state index contributed by atoms with van der Waals surface area (Å²) in [5, 5.41) is 0. The van der Waals surface area contributed by atoms with Crippen LogP contribution in [0.1, 0.15) is 40.5 Å². The summed E-state index contributed by atoms with van der Waals surface area (Å²) in [6.07, 6.45) is 15.8. The van der Waals surface area contributed by atoms with Crippen LogP contribution in [0.25, 0.3) is 0 Å². The molecule has 0 bridgehead atoms. The summed E-state index contributed by atoms with van der Waals surface area (Å²) in [6, 6.07) is 0. The molecule has 2 rings (SSSR count). The second-order valence-electron chi connectivity index (χ2n) is 5.91. The molecule has 1 nitrogen and oxygen atoms in total. The highest BCUT2D eigenvalue weighted by molar-refractivity contribution is 5.86. The van der Waals surface area contributed by atoms with Gasteiger partial charge in [0.1, 0.15) is 0 Å². The van der Waals surface area contributed by atoms with Crippen molar-refractivity contribution in [1.29, 1.82) is 0 Å². The maximum atomic E-state index is 4.89. The van der Waals surface area contributed by atoms with Gasteiger partial charge in [-0.05, 0) is 44.1 Å². The van der Waals surface area contributed by atoms with E-state index in [1.165, 1.54) is 17.0 Å². The van der Waals surface area contributed by atoms with Crippen molar-refractivity contribution >= 4 is 5.71 Å². The molecule has 0 fully saturated rings. The molecule has 0 saturated carbocycles. The van der Waals surface area contributed by atoms with E-state index in [0.29, 0.717) is 17.8 Å². The molecule has 0 N–H and O–H groups in total. The van der Waals surface area contributed by atoms with Crippen molar-refractivity contribution in [1.82, 2.24) is 0 Å². The van der Waals surface area contributed by atoms with E-state index in [0.717, 1.165) is 12.8 Å². The summed E-state index contributed by atoms with van der Waals surface area (Å²) in [5.74, 6) is 1.72. The first-order valence-corrected chi connectivity index (χ1v) is 7.35. The Morgan fingerprint density at radius 2 is 2.11 bits per heavy atom. The Balaban J connectivity index is 2.12. The van der Waals surface area contributed by atoms with Crippen LogP contribution in [0.4, 0.5) is 0 Å². The van der Waals surface area contributed by atoms with Crippen LogP contribution in [0.3, 0.4) is 0 Å². The van der Waals surface area contributed by atoms with Crippen molar-refractivity contribution in [3.05, 3.63) is 47.7 Å². The quantitative estimate of drug-likeness (QED) is 0.623. The van der Waals surface area contributed by atoms with Gasteiger partial charge >= 0.3 is 0 Å². The first-order chi connectivity index (χ1) is 9.08. The third kappa shape index (κ3) is 3.56. The topological polar surface area (TPSA) is 12.4 Å². The molecule has 0 radical (unpaired) electrons. The molecule has 0 spiro atoms. The van der Waals surface area contributed by atoms with Gasteiger partial charge in [-0.1, -0.05) is 50.3 Å². The molecule has 3 atom stereocenters. The number of hydrogen-bond donors (Lipinski definition) is 0. The molecule has 0 aliphatic heterocycles. The largest absolute Gasteiger partial charge is 0.258 e. The second kappa shape index (κ2) is 6.18. The summed E-state index contributed by atoms with van der Waals surface area (Å²) in [6.45, 7) is 8.89. The fraction of sp³-hybridized carbons (Fsp3) is 0.500. The van der Waals surface area contributed by atoms with E-state index in [4.69, 9.17) is 4.99 Å². The molecular formula is C18H25N. The van der Waals surface area contributed by atoms with Gasteiger partial charge in [0.2, 0.25) is 0 Å². The van der Waals surface area contributed by atoms with Gasteiger partial charge in [0.25, 0.3) is 0 Å². The monoisotopic (exact) mass is 255 g/mol. The number of allylic oxidation sites excluding steroid dienone is 7. The average Bonchev–Trinajstić information content (AvgIpc) is 2.43. The van der Waals surface area contributed by atoms with E-state index >= 15 is 0 Å². The van der Waals surface area contributed by atoms with Crippen LogP contribution < -0.4 is 0 Å². The predicted molar refractivity (Wildman–Crippen MR) is 84.3 cm³/mol. The number of nitrogens with zero attached hydrogens (tertiary/aromatic N) is 1. The fourth-order valence-electron chi connectivity index (χ4n) is 2.63. The first-order valence-electron chi connectivity index (χ1n) is 7.35. The average molecular weight is 255 g/mol. The highest BCUT2D eigenvalue weighted by Gasteiger charge is 2.18. The molecule has 102 valence electrons. The molecule has 0 aromatic rings. The highest BCUT2D eigenvalue weighted by Crippen LogP contribution is 2.27. The van der Waals surface area contributed by atoms with Gasteiger partial charge in [0.05, 0.1) is 5.70 Å². The van der Waals surface area contributed by atoms with Crippen LogP contribution in [-0.2, 0) is 0 Å². The summed E-state index contributed by atoms with van der Waals surface area (Å²) in [7, 11) is 0. The molecule has 2 aliphatic carbocycles. The van der Waals surface area contributed by atoms with Gasteiger partial charge in [0, 0.05) is 11.6 Å². The smallest absolute Gasteiger partial charge is 0.0617 e. The Labute approximate surface area is 117 Å². The fourth-order valence-corrected chi connectivity index (χ4v) is 2.63. The maximum absolute atomic E-state index is 4.89. The van der Waals surface area contributed by atoms with E-state index in [1.807, 2.05) is 0 Å². The molecule has 0 aromatic carbocycles. The van der Waals surface area contributed by atoms with E-state index < -0.39 is 0 Å². The van der Waals surface area contributed by atoms with Crippen LogP contribution in [0.5, 0.6) is 0 Å². The van der Waals surface area contributed by atoms with Gasteiger partial charge in [-0.15, -0.1) is 0 Å².